The van der Waals surface area contributed by atoms with Gasteiger partial charge in [-0.25, -0.2) is 0 Å². The fraction of sp³-hybridized carbons (Fsp3) is 0.0909. The molecule has 0 radical (unpaired) electrons. The fourth-order valence-electron chi connectivity index (χ4n) is 2.86. The number of aromatic nitrogens is 2. The Balaban J connectivity index is 1.56. The van der Waals surface area contributed by atoms with Gasteiger partial charge in [-0.15, -0.1) is 0 Å². The van der Waals surface area contributed by atoms with E-state index >= 15 is 0 Å². The van der Waals surface area contributed by atoms with Gasteiger partial charge in [0.05, 0.1) is 5.02 Å². The van der Waals surface area contributed by atoms with Crippen LogP contribution in [0.4, 0.5) is 5.69 Å². The molecule has 0 atom stereocenters. The minimum Gasteiger partial charge on any atom is -0.487 e. The molecule has 0 amide bonds. The largest absolute Gasteiger partial charge is 0.487 e. The molecule has 4 rings (SSSR count). The Morgan fingerprint density at radius 1 is 1.04 bits per heavy atom. The summed E-state index contributed by atoms with van der Waals surface area (Å²) in [6, 6.07) is 20.8. The van der Waals surface area contributed by atoms with Gasteiger partial charge in [-0.2, -0.15) is 4.98 Å². The zero-order valence-corrected chi connectivity index (χ0v) is 16.0. The van der Waals surface area contributed by atoms with E-state index in [1.54, 1.807) is 6.07 Å². The quantitative estimate of drug-likeness (QED) is 0.453. The number of rotatable bonds is 5. The van der Waals surface area contributed by atoms with Gasteiger partial charge < -0.3 is 15.0 Å². The highest BCUT2D eigenvalue weighted by molar-refractivity contribution is 6.32. The highest BCUT2D eigenvalue weighted by Gasteiger charge is 2.14. The van der Waals surface area contributed by atoms with Gasteiger partial charge >= 0.3 is 0 Å². The maximum absolute atomic E-state index is 6.14. The summed E-state index contributed by atoms with van der Waals surface area (Å²) in [5, 5.41) is 4.69. The standard InChI is InChI=1S/C22H18ClN3O2/c1-14-17(8-5-10-19(14)24)21-25-22(28-26-21)16-7-4-6-15(12-16)13-27-20-11-3-2-9-18(20)23/h2-12H,13,24H2,1H3. The number of benzene rings is 3. The first kappa shape index (κ1) is 18.1. The summed E-state index contributed by atoms with van der Waals surface area (Å²) in [6.45, 7) is 2.32. The second kappa shape index (κ2) is 7.74. The lowest BCUT2D eigenvalue weighted by Gasteiger charge is -2.08. The average molecular weight is 392 g/mol. The third kappa shape index (κ3) is 3.70. The Hall–Kier alpha value is -3.31. The van der Waals surface area contributed by atoms with Crippen LogP contribution in [0.1, 0.15) is 11.1 Å². The van der Waals surface area contributed by atoms with Crippen LogP contribution in [0.25, 0.3) is 22.8 Å². The molecule has 3 aromatic carbocycles. The minimum absolute atomic E-state index is 0.382. The Bertz CT molecular complexity index is 1120. The second-order valence-corrected chi connectivity index (χ2v) is 6.77. The minimum atomic E-state index is 0.382. The molecule has 0 aliphatic heterocycles. The van der Waals surface area contributed by atoms with Crippen molar-refractivity contribution >= 4 is 17.3 Å². The molecule has 28 heavy (non-hydrogen) atoms. The Kier molecular flexibility index (Phi) is 5.00. The molecule has 6 heteroatoms. The summed E-state index contributed by atoms with van der Waals surface area (Å²) in [6.07, 6.45) is 0. The zero-order chi connectivity index (χ0) is 19.5. The lowest BCUT2D eigenvalue weighted by molar-refractivity contribution is 0.306. The highest BCUT2D eigenvalue weighted by atomic mass is 35.5. The molecule has 1 aromatic heterocycles. The molecule has 0 bridgehead atoms. The smallest absolute Gasteiger partial charge is 0.258 e. The molecule has 0 aliphatic rings. The van der Waals surface area contributed by atoms with E-state index in [1.807, 2.05) is 67.6 Å². The summed E-state index contributed by atoms with van der Waals surface area (Å²) in [4.78, 5) is 4.53. The third-order valence-electron chi connectivity index (χ3n) is 4.45. The van der Waals surface area contributed by atoms with Gasteiger partial charge in [-0.1, -0.05) is 53.2 Å². The van der Waals surface area contributed by atoms with Crippen LogP contribution >= 0.6 is 11.6 Å². The van der Waals surface area contributed by atoms with E-state index in [0.717, 1.165) is 22.3 Å². The molecule has 0 spiro atoms. The van der Waals surface area contributed by atoms with Crippen molar-refractivity contribution in [2.24, 2.45) is 0 Å². The molecule has 2 N–H and O–H groups in total. The first-order chi connectivity index (χ1) is 13.6. The van der Waals surface area contributed by atoms with Gasteiger partial charge in [0.2, 0.25) is 5.82 Å². The SMILES string of the molecule is Cc1c(N)cccc1-c1noc(-c2cccc(COc3ccccc3Cl)c2)n1. The predicted molar refractivity (Wildman–Crippen MR) is 110 cm³/mol. The summed E-state index contributed by atoms with van der Waals surface area (Å²) < 4.78 is 11.3. The van der Waals surface area contributed by atoms with Gasteiger partial charge in [0.1, 0.15) is 12.4 Å². The van der Waals surface area contributed by atoms with Crippen molar-refractivity contribution in [3.63, 3.8) is 0 Å². The Morgan fingerprint density at radius 2 is 1.86 bits per heavy atom. The van der Waals surface area contributed by atoms with E-state index in [1.165, 1.54) is 0 Å². The van der Waals surface area contributed by atoms with Crippen LogP contribution in [0.5, 0.6) is 5.75 Å². The molecule has 140 valence electrons. The number of anilines is 1. The van der Waals surface area contributed by atoms with Crippen molar-refractivity contribution in [3.05, 3.63) is 82.9 Å². The number of ether oxygens (including phenoxy) is 1. The summed E-state index contributed by atoms with van der Waals surface area (Å²) in [5.74, 6) is 1.60. The molecule has 0 fully saturated rings. The number of nitrogen functional groups attached to an aromatic ring is 1. The molecule has 5 nitrogen and oxygen atoms in total. The molecule has 0 saturated heterocycles. The van der Waals surface area contributed by atoms with E-state index in [0.29, 0.717) is 34.8 Å². The molecule has 4 aromatic rings. The van der Waals surface area contributed by atoms with E-state index in [4.69, 9.17) is 26.6 Å². The van der Waals surface area contributed by atoms with Crippen LogP contribution in [0.2, 0.25) is 5.02 Å². The van der Waals surface area contributed by atoms with Crippen molar-refractivity contribution in [1.29, 1.82) is 0 Å². The molecule has 0 saturated carbocycles. The van der Waals surface area contributed by atoms with Gasteiger partial charge in [-0.05, 0) is 48.4 Å². The Morgan fingerprint density at radius 3 is 2.71 bits per heavy atom. The van der Waals surface area contributed by atoms with E-state index in [-0.39, 0.29) is 0 Å². The number of hydrogen-bond acceptors (Lipinski definition) is 5. The first-order valence-electron chi connectivity index (χ1n) is 8.77. The molecular weight excluding hydrogens is 374 g/mol. The first-order valence-corrected chi connectivity index (χ1v) is 9.15. The van der Waals surface area contributed by atoms with E-state index in [9.17, 15) is 0 Å². The van der Waals surface area contributed by atoms with Gasteiger partial charge in [0.15, 0.2) is 0 Å². The zero-order valence-electron chi connectivity index (χ0n) is 15.2. The summed E-state index contributed by atoms with van der Waals surface area (Å²) in [5.41, 5.74) is 10.2. The van der Waals surface area contributed by atoms with Crippen LogP contribution in [-0.4, -0.2) is 10.1 Å². The topological polar surface area (TPSA) is 74.2 Å². The lowest BCUT2D eigenvalue weighted by Crippen LogP contribution is -1.96. The number of halogens is 1. The van der Waals surface area contributed by atoms with Crippen molar-refractivity contribution in [1.82, 2.24) is 10.1 Å². The van der Waals surface area contributed by atoms with Crippen LogP contribution in [0.3, 0.4) is 0 Å². The lowest BCUT2D eigenvalue weighted by atomic mass is 10.1. The normalized spacial score (nSPS) is 10.8. The number of hydrogen-bond donors (Lipinski definition) is 1. The van der Waals surface area contributed by atoms with Gasteiger partial charge in [0, 0.05) is 16.8 Å². The summed E-state index contributed by atoms with van der Waals surface area (Å²) >= 11 is 6.14. The second-order valence-electron chi connectivity index (χ2n) is 6.36. The number of nitrogens with zero attached hydrogens (tertiary/aromatic N) is 2. The van der Waals surface area contributed by atoms with Crippen LogP contribution in [-0.2, 0) is 6.61 Å². The maximum atomic E-state index is 6.14. The van der Waals surface area contributed by atoms with E-state index < -0.39 is 0 Å². The highest BCUT2D eigenvalue weighted by Crippen LogP contribution is 2.28. The predicted octanol–water partition coefficient (Wildman–Crippen LogP) is 5.53. The molecule has 0 unspecified atom stereocenters. The van der Waals surface area contributed by atoms with Gasteiger partial charge in [-0.3, -0.25) is 0 Å². The van der Waals surface area contributed by atoms with Crippen molar-refractivity contribution in [2.45, 2.75) is 13.5 Å². The average Bonchev–Trinajstić information content (AvgIpc) is 3.20. The van der Waals surface area contributed by atoms with Crippen molar-refractivity contribution in [2.75, 3.05) is 5.73 Å². The maximum Gasteiger partial charge on any atom is 0.258 e. The molecule has 0 aliphatic carbocycles. The van der Waals surface area contributed by atoms with E-state index in [2.05, 4.69) is 10.1 Å². The van der Waals surface area contributed by atoms with Crippen LogP contribution in [0.15, 0.2) is 71.3 Å². The molecular formula is C22H18ClN3O2. The van der Waals surface area contributed by atoms with Crippen molar-refractivity contribution in [3.8, 4) is 28.6 Å². The summed E-state index contributed by atoms with van der Waals surface area (Å²) in [7, 11) is 0. The number of nitrogens with two attached hydrogens (primary N) is 1. The Labute approximate surface area is 167 Å². The monoisotopic (exact) mass is 391 g/mol. The third-order valence-corrected chi connectivity index (χ3v) is 4.76. The molecule has 1 heterocycles. The van der Waals surface area contributed by atoms with Gasteiger partial charge in [0.25, 0.3) is 5.89 Å². The fourth-order valence-corrected chi connectivity index (χ4v) is 3.05. The number of para-hydroxylation sites is 1. The van der Waals surface area contributed by atoms with Crippen molar-refractivity contribution < 1.29 is 9.26 Å². The van der Waals surface area contributed by atoms with Crippen LogP contribution < -0.4 is 10.5 Å². The van der Waals surface area contributed by atoms with Crippen LogP contribution in [0, 0.1) is 6.92 Å².